The fourth-order valence-corrected chi connectivity index (χ4v) is 2.17. The predicted molar refractivity (Wildman–Crippen MR) is 62.9 cm³/mol. The number of aliphatic hydroxyl groups excluding tert-OH is 2. The number of alkyl halides is 3. The van der Waals surface area contributed by atoms with E-state index in [0.717, 1.165) is 17.0 Å². The van der Waals surface area contributed by atoms with Crippen LogP contribution >= 0.6 is 0 Å². The molecular weight excluding hydrogens is 277 g/mol. The van der Waals surface area contributed by atoms with Crippen LogP contribution in [0.5, 0.6) is 0 Å². The molecule has 0 aromatic carbocycles. The summed E-state index contributed by atoms with van der Waals surface area (Å²) in [7, 11) is 0. The van der Waals surface area contributed by atoms with Gasteiger partial charge in [-0.1, -0.05) is 0 Å². The Balaban J connectivity index is 2.48. The molecule has 20 heavy (non-hydrogen) atoms. The van der Waals surface area contributed by atoms with Crippen LogP contribution in [0.25, 0.3) is 0 Å². The van der Waals surface area contributed by atoms with Gasteiger partial charge >= 0.3 is 6.18 Å². The summed E-state index contributed by atoms with van der Waals surface area (Å²) in [5.74, 6) is -1.10. The van der Waals surface area contributed by atoms with E-state index in [1.165, 1.54) is 13.8 Å². The first-order valence-electron chi connectivity index (χ1n) is 5.88. The fourth-order valence-electron chi connectivity index (χ4n) is 2.17. The Bertz CT molecular complexity index is 547. The number of hydrogen-bond acceptors (Lipinski definition) is 4. The van der Waals surface area contributed by atoms with E-state index >= 15 is 0 Å². The van der Waals surface area contributed by atoms with Gasteiger partial charge in [0.25, 0.3) is 5.91 Å². The zero-order valence-corrected chi connectivity index (χ0v) is 10.7. The zero-order valence-electron chi connectivity index (χ0n) is 10.7. The summed E-state index contributed by atoms with van der Waals surface area (Å²) in [6.07, 6.45) is -7.58. The molecular formula is C12H13F3N2O3. The summed E-state index contributed by atoms with van der Waals surface area (Å²) in [6, 6.07) is 0.737. The lowest BCUT2D eigenvalue weighted by Crippen LogP contribution is -2.35. The van der Waals surface area contributed by atoms with E-state index in [-0.39, 0.29) is 11.5 Å². The number of amides is 1. The SMILES string of the molecule is Cc1cc(C(F)(F)F)cc(N2C(=O)C(O)C(O)C2C)n1. The molecule has 3 atom stereocenters. The number of carbonyl (C=O) groups excluding carboxylic acids is 1. The molecule has 1 aliphatic heterocycles. The zero-order chi connectivity index (χ0) is 15.2. The van der Waals surface area contributed by atoms with Crippen molar-refractivity contribution in [2.75, 3.05) is 4.90 Å². The Kier molecular flexibility index (Phi) is 3.47. The van der Waals surface area contributed by atoms with Crippen LogP contribution in [-0.4, -0.2) is 39.4 Å². The van der Waals surface area contributed by atoms with Crippen molar-refractivity contribution in [3.63, 3.8) is 0 Å². The third kappa shape index (κ3) is 2.36. The normalized spacial score (nSPS) is 27.2. The minimum atomic E-state index is -4.56. The van der Waals surface area contributed by atoms with Gasteiger partial charge in [0.15, 0.2) is 6.10 Å². The molecule has 1 amide bonds. The molecule has 1 fully saturated rings. The number of aliphatic hydroxyl groups is 2. The topological polar surface area (TPSA) is 73.7 Å². The summed E-state index contributed by atoms with van der Waals surface area (Å²) < 4.78 is 38.3. The Morgan fingerprint density at radius 2 is 1.90 bits per heavy atom. The van der Waals surface area contributed by atoms with Gasteiger partial charge in [0.2, 0.25) is 0 Å². The van der Waals surface area contributed by atoms with E-state index < -0.39 is 35.9 Å². The predicted octanol–water partition coefficient (Wildman–Crippen LogP) is 0.866. The van der Waals surface area contributed by atoms with Crippen LogP contribution < -0.4 is 4.90 Å². The average Bonchev–Trinajstić information content (AvgIpc) is 2.52. The maximum atomic E-state index is 12.8. The second kappa shape index (κ2) is 4.71. The van der Waals surface area contributed by atoms with Gasteiger partial charge in [0, 0.05) is 5.69 Å². The van der Waals surface area contributed by atoms with Crippen molar-refractivity contribution in [3.05, 3.63) is 23.4 Å². The maximum absolute atomic E-state index is 12.8. The quantitative estimate of drug-likeness (QED) is 0.805. The molecule has 1 aromatic heterocycles. The third-order valence-electron chi connectivity index (χ3n) is 3.23. The number of halogens is 3. The molecule has 1 saturated heterocycles. The largest absolute Gasteiger partial charge is 0.416 e. The number of anilines is 1. The van der Waals surface area contributed by atoms with Crippen molar-refractivity contribution in [2.24, 2.45) is 0 Å². The molecule has 2 N–H and O–H groups in total. The highest BCUT2D eigenvalue weighted by Crippen LogP contribution is 2.33. The number of aromatic nitrogens is 1. The smallest absolute Gasteiger partial charge is 0.388 e. The van der Waals surface area contributed by atoms with E-state index in [2.05, 4.69) is 4.98 Å². The van der Waals surface area contributed by atoms with Crippen LogP contribution in [-0.2, 0) is 11.0 Å². The Labute approximate surface area is 112 Å². The van der Waals surface area contributed by atoms with Crippen LogP contribution in [0.15, 0.2) is 12.1 Å². The molecule has 2 heterocycles. The van der Waals surface area contributed by atoms with Crippen molar-refractivity contribution in [3.8, 4) is 0 Å². The molecule has 0 aliphatic carbocycles. The van der Waals surface area contributed by atoms with Gasteiger partial charge in [-0.15, -0.1) is 0 Å². The molecule has 8 heteroatoms. The van der Waals surface area contributed by atoms with Gasteiger partial charge in [-0.2, -0.15) is 13.2 Å². The average molecular weight is 290 g/mol. The standard InChI is InChI=1S/C12H13F3N2O3/c1-5-3-7(12(13,14)15)4-8(16-5)17-6(2)9(18)10(19)11(17)20/h3-4,6,9-10,18-19H,1-2H3. The number of pyridine rings is 1. The van der Waals surface area contributed by atoms with Gasteiger partial charge < -0.3 is 10.2 Å². The van der Waals surface area contributed by atoms with Gasteiger partial charge in [0.05, 0.1) is 11.6 Å². The molecule has 0 bridgehead atoms. The number of aryl methyl sites for hydroxylation is 1. The highest BCUT2D eigenvalue weighted by molar-refractivity contribution is 5.99. The molecule has 2 rings (SSSR count). The minimum absolute atomic E-state index is 0.0886. The van der Waals surface area contributed by atoms with E-state index in [9.17, 15) is 28.2 Å². The third-order valence-corrected chi connectivity index (χ3v) is 3.23. The maximum Gasteiger partial charge on any atom is 0.416 e. The Morgan fingerprint density at radius 3 is 2.35 bits per heavy atom. The number of rotatable bonds is 1. The van der Waals surface area contributed by atoms with Crippen molar-refractivity contribution in [1.82, 2.24) is 4.98 Å². The Morgan fingerprint density at radius 1 is 1.30 bits per heavy atom. The van der Waals surface area contributed by atoms with Crippen LogP contribution in [0.2, 0.25) is 0 Å². The van der Waals surface area contributed by atoms with Gasteiger partial charge in [0.1, 0.15) is 11.9 Å². The van der Waals surface area contributed by atoms with Gasteiger partial charge in [-0.3, -0.25) is 9.69 Å². The van der Waals surface area contributed by atoms with E-state index in [0.29, 0.717) is 0 Å². The summed E-state index contributed by atoms with van der Waals surface area (Å²) in [6.45, 7) is 2.80. The lowest BCUT2D eigenvalue weighted by molar-refractivity contribution is -0.137. The lowest BCUT2D eigenvalue weighted by atomic mass is 10.1. The van der Waals surface area contributed by atoms with Crippen molar-refractivity contribution in [2.45, 2.75) is 38.3 Å². The van der Waals surface area contributed by atoms with Crippen molar-refractivity contribution in [1.29, 1.82) is 0 Å². The van der Waals surface area contributed by atoms with E-state index in [4.69, 9.17) is 0 Å². The number of carbonyl (C=O) groups is 1. The summed E-state index contributed by atoms with van der Waals surface area (Å²) >= 11 is 0. The van der Waals surface area contributed by atoms with Crippen molar-refractivity contribution >= 4 is 11.7 Å². The number of nitrogens with zero attached hydrogens (tertiary/aromatic N) is 2. The van der Waals surface area contributed by atoms with Gasteiger partial charge in [-0.25, -0.2) is 4.98 Å². The molecule has 110 valence electrons. The van der Waals surface area contributed by atoms with Crippen LogP contribution in [0.1, 0.15) is 18.2 Å². The van der Waals surface area contributed by atoms with Crippen molar-refractivity contribution < 1.29 is 28.2 Å². The van der Waals surface area contributed by atoms with Gasteiger partial charge in [-0.05, 0) is 26.0 Å². The summed E-state index contributed by atoms with van der Waals surface area (Å²) in [4.78, 5) is 16.6. The van der Waals surface area contributed by atoms with Crippen LogP contribution in [0.3, 0.4) is 0 Å². The minimum Gasteiger partial charge on any atom is -0.388 e. The molecule has 0 saturated carbocycles. The first kappa shape index (κ1) is 14.7. The fraction of sp³-hybridized carbons (Fsp3) is 0.500. The molecule has 0 radical (unpaired) electrons. The summed E-state index contributed by atoms with van der Waals surface area (Å²) in [5, 5.41) is 19.1. The van der Waals surface area contributed by atoms with Crippen LogP contribution in [0.4, 0.5) is 19.0 Å². The monoisotopic (exact) mass is 290 g/mol. The number of hydrogen-bond donors (Lipinski definition) is 2. The van der Waals surface area contributed by atoms with Crippen LogP contribution in [0, 0.1) is 6.92 Å². The first-order chi connectivity index (χ1) is 9.12. The highest BCUT2D eigenvalue weighted by atomic mass is 19.4. The second-order valence-corrected chi connectivity index (χ2v) is 4.74. The first-order valence-corrected chi connectivity index (χ1v) is 5.88. The lowest BCUT2D eigenvalue weighted by Gasteiger charge is -2.22. The molecule has 5 nitrogen and oxygen atoms in total. The Hall–Kier alpha value is -1.67. The second-order valence-electron chi connectivity index (χ2n) is 4.74. The molecule has 1 aliphatic rings. The van der Waals surface area contributed by atoms with E-state index in [1.54, 1.807) is 0 Å². The molecule has 0 spiro atoms. The molecule has 1 aromatic rings. The van der Waals surface area contributed by atoms with E-state index in [1.807, 2.05) is 0 Å². The molecule has 3 unspecified atom stereocenters. The highest BCUT2D eigenvalue weighted by Gasteiger charge is 2.46. The summed E-state index contributed by atoms with van der Waals surface area (Å²) in [5.41, 5.74) is -0.846.